The second-order valence-electron chi connectivity index (χ2n) is 5.15. The average molecular weight is 367 g/mol. The van der Waals surface area contributed by atoms with Gasteiger partial charge in [0.25, 0.3) is 0 Å². The Kier molecular flexibility index (Phi) is 6.02. The predicted octanol–water partition coefficient (Wildman–Crippen LogP) is 4.02. The molecular formula is C15H19BrN4S. The lowest BCUT2D eigenvalue weighted by Gasteiger charge is -2.09. The molecule has 0 amide bonds. The van der Waals surface area contributed by atoms with Gasteiger partial charge in [-0.3, -0.25) is 0 Å². The van der Waals surface area contributed by atoms with Gasteiger partial charge in [0.05, 0.1) is 5.75 Å². The molecule has 0 radical (unpaired) electrons. The molecule has 0 aliphatic carbocycles. The van der Waals surface area contributed by atoms with E-state index in [-0.39, 0.29) is 0 Å². The number of halogens is 1. The largest absolute Gasteiger partial charge is 0.308 e. The van der Waals surface area contributed by atoms with E-state index in [9.17, 15) is 0 Å². The highest BCUT2D eigenvalue weighted by molar-refractivity contribution is 9.10. The molecule has 0 saturated heterocycles. The molecule has 1 aromatic carbocycles. The van der Waals surface area contributed by atoms with Crippen LogP contribution in [0.25, 0.3) is 0 Å². The van der Waals surface area contributed by atoms with Gasteiger partial charge in [-0.15, -0.1) is 11.8 Å². The number of nitrogens with two attached hydrogens (primary N) is 1. The van der Waals surface area contributed by atoms with Crippen molar-refractivity contribution in [1.82, 2.24) is 9.97 Å². The van der Waals surface area contributed by atoms with Crippen LogP contribution in [0.2, 0.25) is 0 Å². The van der Waals surface area contributed by atoms with E-state index in [1.165, 1.54) is 4.90 Å². The van der Waals surface area contributed by atoms with Gasteiger partial charge in [0.15, 0.2) is 0 Å². The Labute approximate surface area is 138 Å². The summed E-state index contributed by atoms with van der Waals surface area (Å²) in [5.41, 5.74) is 3.65. The summed E-state index contributed by atoms with van der Waals surface area (Å²) in [4.78, 5) is 10.2. The van der Waals surface area contributed by atoms with Gasteiger partial charge in [-0.25, -0.2) is 15.8 Å². The van der Waals surface area contributed by atoms with Gasteiger partial charge in [-0.05, 0) is 36.6 Å². The first kappa shape index (κ1) is 16.3. The van der Waals surface area contributed by atoms with Crippen molar-refractivity contribution in [3.8, 4) is 0 Å². The molecule has 0 aliphatic rings. The number of hydrogen-bond donors (Lipinski definition) is 2. The van der Waals surface area contributed by atoms with E-state index in [0.717, 1.165) is 28.2 Å². The van der Waals surface area contributed by atoms with E-state index < -0.39 is 0 Å². The third-order valence-electron chi connectivity index (χ3n) is 2.77. The minimum atomic E-state index is 0.553. The number of benzene rings is 1. The number of hydrogen-bond acceptors (Lipinski definition) is 5. The van der Waals surface area contributed by atoms with Crippen LogP contribution in [0.5, 0.6) is 0 Å². The molecular weight excluding hydrogens is 348 g/mol. The summed E-state index contributed by atoms with van der Waals surface area (Å²) in [6.45, 7) is 4.35. The van der Waals surface area contributed by atoms with E-state index in [4.69, 9.17) is 5.84 Å². The lowest BCUT2D eigenvalue weighted by molar-refractivity contribution is 0.632. The minimum Gasteiger partial charge on any atom is -0.308 e. The summed E-state index contributed by atoms with van der Waals surface area (Å²) in [5, 5.41) is 0. The van der Waals surface area contributed by atoms with Crippen molar-refractivity contribution < 1.29 is 0 Å². The summed E-state index contributed by atoms with van der Waals surface area (Å²) in [6.07, 6.45) is 0.924. The third-order valence-corrected chi connectivity index (χ3v) is 4.31. The summed E-state index contributed by atoms with van der Waals surface area (Å²) < 4.78 is 1.08. The molecule has 0 bridgehead atoms. The molecule has 2 rings (SSSR count). The van der Waals surface area contributed by atoms with Gasteiger partial charge in [-0.2, -0.15) is 0 Å². The van der Waals surface area contributed by atoms with Crippen LogP contribution in [0, 0.1) is 5.92 Å². The Morgan fingerprint density at radius 3 is 2.57 bits per heavy atom. The lowest BCUT2D eigenvalue weighted by Crippen LogP contribution is -2.12. The number of nitrogens with zero attached hydrogens (tertiary/aromatic N) is 2. The first-order chi connectivity index (χ1) is 10.1. The zero-order chi connectivity index (χ0) is 15.2. The van der Waals surface area contributed by atoms with Crippen molar-refractivity contribution in [3.63, 3.8) is 0 Å². The Morgan fingerprint density at radius 2 is 1.95 bits per heavy atom. The van der Waals surface area contributed by atoms with Crippen molar-refractivity contribution in [3.05, 3.63) is 46.3 Å². The van der Waals surface area contributed by atoms with Crippen LogP contribution in [0.15, 0.2) is 39.7 Å². The number of nitrogen functional groups attached to an aromatic ring is 1. The molecule has 0 atom stereocenters. The van der Waals surface area contributed by atoms with Crippen molar-refractivity contribution in [1.29, 1.82) is 0 Å². The quantitative estimate of drug-likeness (QED) is 0.459. The fourth-order valence-corrected chi connectivity index (χ4v) is 2.91. The number of nitrogens with one attached hydrogen (secondary N) is 1. The molecule has 0 aliphatic heterocycles. The van der Waals surface area contributed by atoms with Crippen LogP contribution in [-0.4, -0.2) is 9.97 Å². The maximum Gasteiger partial charge on any atom is 0.143 e. The first-order valence-electron chi connectivity index (χ1n) is 6.78. The number of thioether (sulfide) groups is 1. The second-order valence-corrected chi connectivity index (χ2v) is 7.11. The van der Waals surface area contributed by atoms with Crippen molar-refractivity contribution in [2.45, 2.75) is 30.9 Å². The van der Waals surface area contributed by atoms with Crippen LogP contribution < -0.4 is 11.3 Å². The van der Waals surface area contributed by atoms with Crippen LogP contribution >= 0.6 is 27.7 Å². The van der Waals surface area contributed by atoms with Crippen molar-refractivity contribution in [2.24, 2.45) is 11.8 Å². The Bertz CT molecular complexity index is 587. The molecule has 21 heavy (non-hydrogen) atoms. The lowest BCUT2D eigenvalue weighted by atomic mass is 10.1. The second kappa shape index (κ2) is 7.77. The number of aromatic nitrogens is 2. The molecule has 0 unspecified atom stereocenters. The molecule has 2 aromatic rings. The van der Waals surface area contributed by atoms with Gasteiger partial charge < -0.3 is 5.43 Å². The minimum absolute atomic E-state index is 0.553. The van der Waals surface area contributed by atoms with E-state index in [0.29, 0.717) is 11.7 Å². The van der Waals surface area contributed by atoms with Gasteiger partial charge in [0, 0.05) is 21.1 Å². The molecule has 3 N–H and O–H groups in total. The number of rotatable bonds is 6. The van der Waals surface area contributed by atoms with E-state index in [1.807, 2.05) is 18.2 Å². The maximum absolute atomic E-state index is 5.49. The SMILES string of the molecule is CC(C)Cc1cc(NN)nc(CSc2ccc(Br)cc2)n1. The fourth-order valence-electron chi connectivity index (χ4n) is 1.89. The monoisotopic (exact) mass is 366 g/mol. The first-order valence-corrected chi connectivity index (χ1v) is 8.56. The normalized spacial score (nSPS) is 10.9. The molecule has 4 nitrogen and oxygen atoms in total. The summed E-state index contributed by atoms with van der Waals surface area (Å²) in [7, 11) is 0. The fraction of sp³-hybridized carbons (Fsp3) is 0.333. The van der Waals surface area contributed by atoms with E-state index in [2.05, 4.69) is 57.3 Å². The summed E-state index contributed by atoms with van der Waals surface area (Å²) in [5.74, 6) is 8.24. The van der Waals surface area contributed by atoms with Gasteiger partial charge >= 0.3 is 0 Å². The Balaban J connectivity index is 2.09. The van der Waals surface area contributed by atoms with Crippen LogP contribution in [0.4, 0.5) is 5.82 Å². The summed E-state index contributed by atoms with van der Waals surface area (Å²) >= 11 is 5.15. The molecule has 0 spiro atoms. The van der Waals surface area contributed by atoms with Gasteiger partial charge in [0.2, 0.25) is 0 Å². The molecule has 0 fully saturated rings. The predicted molar refractivity (Wildman–Crippen MR) is 92.1 cm³/mol. The summed E-state index contributed by atoms with van der Waals surface area (Å²) in [6, 6.07) is 10.1. The third kappa shape index (κ3) is 5.30. The standard InChI is InChI=1S/C15H19BrN4S/c1-10(2)7-12-8-14(20-17)19-15(18-12)9-21-13-5-3-11(16)4-6-13/h3-6,8,10H,7,9,17H2,1-2H3,(H,18,19,20). The van der Waals surface area contributed by atoms with E-state index >= 15 is 0 Å². The highest BCUT2D eigenvalue weighted by Gasteiger charge is 2.07. The molecule has 6 heteroatoms. The van der Waals surface area contributed by atoms with Gasteiger partial charge in [0.1, 0.15) is 11.6 Å². The van der Waals surface area contributed by atoms with Crippen LogP contribution in [0.3, 0.4) is 0 Å². The Hall–Kier alpha value is -1.11. The van der Waals surface area contributed by atoms with Gasteiger partial charge in [-0.1, -0.05) is 29.8 Å². The molecule has 0 saturated carbocycles. The number of hydrazine groups is 1. The zero-order valence-electron chi connectivity index (χ0n) is 12.1. The van der Waals surface area contributed by atoms with Crippen LogP contribution in [0.1, 0.15) is 25.4 Å². The topological polar surface area (TPSA) is 63.8 Å². The average Bonchev–Trinajstić information content (AvgIpc) is 2.45. The smallest absolute Gasteiger partial charge is 0.143 e. The Morgan fingerprint density at radius 1 is 1.24 bits per heavy atom. The molecule has 1 heterocycles. The highest BCUT2D eigenvalue weighted by Crippen LogP contribution is 2.24. The van der Waals surface area contributed by atoms with Crippen LogP contribution in [-0.2, 0) is 12.2 Å². The maximum atomic E-state index is 5.49. The highest BCUT2D eigenvalue weighted by atomic mass is 79.9. The van der Waals surface area contributed by atoms with E-state index in [1.54, 1.807) is 11.8 Å². The molecule has 1 aromatic heterocycles. The molecule has 112 valence electrons. The van der Waals surface area contributed by atoms with Crippen molar-refractivity contribution in [2.75, 3.05) is 5.43 Å². The van der Waals surface area contributed by atoms with Crippen molar-refractivity contribution >= 4 is 33.5 Å². The number of anilines is 1. The zero-order valence-corrected chi connectivity index (χ0v) is 14.5.